The average Bonchev–Trinajstić information content (AvgIpc) is 3.54. The van der Waals surface area contributed by atoms with E-state index in [9.17, 15) is 8.78 Å². The summed E-state index contributed by atoms with van der Waals surface area (Å²) in [6.07, 6.45) is 13.3. The van der Waals surface area contributed by atoms with Crippen LogP contribution < -0.4 is 0 Å². The van der Waals surface area contributed by atoms with Gasteiger partial charge >= 0.3 is 0 Å². The Kier molecular flexibility index (Phi) is 6.19. The topological polar surface area (TPSA) is 38.7 Å². The highest BCUT2D eigenvalue weighted by molar-refractivity contribution is 5.13. The highest BCUT2D eigenvalue weighted by Crippen LogP contribution is 2.65. The number of halogens is 2. The highest BCUT2D eigenvalue weighted by Gasteiger charge is 2.58. The fraction of sp³-hybridized carbons (Fsp3) is 0.840. The van der Waals surface area contributed by atoms with Crippen molar-refractivity contribution in [2.75, 3.05) is 6.61 Å². The van der Waals surface area contributed by atoms with Crippen molar-refractivity contribution in [1.29, 1.82) is 0 Å². The maximum absolute atomic E-state index is 14.5. The molecule has 5 rings (SSSR count). The van der Waals surface area contributed by atoms with E-state index in [0.717, 1.165) is 83.5 Å². The molecule has 30 heavy (non-hydrogen) atoms. The number of hydrogen-bond acceptors (Lipinski definition) is 3. The molecule has 1 N–H and O–H groups in total. The van der Waals surface area contributed by atoms with E-state index >= 15 is 0 Å². The first-order chi connectivity index (χ1) is 14.3. The fourth-order valence-electron chi connectivity index (χ4n) is 6.88. The number of ether oxygens (including phenoxy) is 2. The molecule has 0 spiro atoms. The Labute approximate surface area is 179 Å². The minimum Gasteiger partial charge on any atom is -0.364 e. The lowest BCUT2D eigenvalue weighted by Crippen LogP contribution is -2.35. The molecule has 5 aliphatic rings. The van der Waals surface area contributed by atoms with E-state index in [0.29, 0.717) is 6.61 Å². The van der Waals surface area contributed by atoms with E-state index in [1.165, 1.54) is 0 Å². The molecule has 0 aromatic heterocycles. The van der Waals surface area contributed by atoms with E-state index in [2.05, 4.69) is 13.2 Å². The number of aliphatic hydroxyl groups excluding tert-OH is 1. The first-order valence-corrected chi connectivity index (χ1v) is 11.8. The van der Waals surface area contributed by atoms with Gasteiger partial charge in [-0.1, -0.05) is 12.2 Å². The number of fused-ring (bicyclic) bond motifs is 4. The molecule has 5 heteroatoms. The smallest absolute Gasteiger partial charge is 0.207 e. The largest absolute Gasteiger partial charge is 0.364 e. The van der Waals surface area contributed by atoms with Crippen molar-refractivity contribution >= 4 is 0 Å². The summed E-state index contributed by atoms with van der Waals surface area (Å²) in [5.74, 6) is 0. The van der Waals surface area contributed by atoms with Gasteiger partial charge in [0.2, 0.25) is 12.7 Å². The lowest BCUT2D eigenvalue weighted by atomic mass is 9.82. The van der Waals surface area contributed by atoms with Gasteiger partial charge in [-0.05, 0) is 94.3 Å². The van der Waals surface area contributed by atoms with Crippen LogP contribution in [0, 0.1) is 21.7 Å². The van der Waals surface area contributed by atoms with Crippen LogP contribution in [0.2, 0.25) is 0 Å². The van der Waals surface area contributed by atoms with Gasteiger partial charge in [-0.3, -0.25) is 0 Å². The van der Waals surface area contributed by atoms with Crippen molar-refractivity contribution in [3.63, 3.8) is 0 Å². The van der Waals surface area contributed by atoms with Crippen molar-refractivity contribution in [3.05, 3.63) is 25.3 Å². The zero-order chi connectivity index (χ0) is 21.5. The summed E-state index contributed by atoms with van der Waals surface area (Å²) in [5, 5.41) is 9.04. The Morgan fingerprint density at radius 2 is 1.40 bits per heavy atom. The maximum atomic E-state index is 14.5. The van der Waals surface area contributed by atoms with Crippen LogP contribution in [0.15, 0.2) is 25.3 Å². The highest BCUT2D eigenvalue weighted by atomic mass is 19.1. The van der Waals surface area contributed by atoms with E-state index < -0.39 is 18.1 Å². The third kappa shape index (κ3) is 3.91. The summed E-state index contributed by atoms with van der Waals surface area (Å²) in [4.78, 5) is 0. The molecule has 3 atom stereocenters. The number of hydrogen-bond donors (Lipinski definition) is 1. The molecule has 4 saturated carbocycles. The molecule has 0 aromatic rings. The molecule has 3 nitrogen and oxygen atoms in total. The van der Waals surface area contributed by atoms with Crippen molar-refractivity contribution in [3.8, 4) is 0 Å². The van der Waals surface area contributed by atoms with Gasteiger partial charge in [0.15, 0.2) is 6.29 Å². The second-order valence-corrected chi connectivity index (χ2v) is 10.8. The molecule has 1 saturated heterocycles. The molecule has 1 aliphatic heterocycles. The Balaban J connectivity index is 0.000000158. The van der Waals surface area contributed by atoms with Crippen LogP contribution in [-0.2, 0) is 9.47 Å². The van der Waals surface area contributed by atoms with E-state index in [1.54, 1.807) is 0 Å². The van der Waals surface area contributed by atoms with Gasteiger partial charge < -0.3 is 14.6 Å². The first kappa shape index (κ1) is 22.4. The zero-order valence-corrected chi connectivity index (χ0v) is 18.2. The first-order valence-electron chi connectivity index (χ1n) is 11.8. The van der Waals surface area contributed by atoms with E-state index in [-0.39, 0.29) is 22.5 Å². The Morgan fingerprint density at radius 3 is 1.80 bits per heavy atom. The van der Waals surface area contributed by atoms with Gasteiger partial charge in [-0.2, -0.15) is 0 Å². The number of alkyl halides is 2. The second kappa shape index (κ2) is 8.29. The summed E-state index contributed by atoms with van der Waals surface area (Å²) >= 11 is 0. The number of allylic oxidation sites excluding steroid dienone is 2. The molecule has 0 radical (unpaired) electrons. The van der Waals surface area contributed by atoms with Crippen LogP contribution in [0.1, 0.15) is 83.5 Å². The minimum absolute atomic E-state index is 0.160. The predicted molar refractivity (Wildman–Crippen MR) is 113 cm³/mol. The second-order valence-electron chi connectivity index (χ2n) is 10.8. The van der Waals surface area contributed by atoms with Crippen molar-refractivity contribution in [1.82, 2.24) is 0 Å². The average molecular weight is 425 g/mol. The van der Waals surface area contributed by atoms with E-state index in [1.807, 2.05) is 12.2 Å². The summed E-state index contributed by atoms with van der Waals surface area (Å²) < 4.78 is 38.5. The van der Waals surface area contributed by atoms with E-state index in [4.69, 9.17) is 14.6 Å². The molecule has 4 bridgehead atoms. The van der Waals surface area contributed by atoms with Crippen LogP contribution in [-0.4, -0.2) is 30.7 Å². The van der Waals surface area contributed by atoms with Gasteiger partial charge in [0.25, 0.3) is 0 Å². The summed E-state index contributed by atoms with van der Waals surface area (Å²) in [5.41, 5.74) is -0.308. The Morgan fingerprint density at radius 1 is 0.867 bits per heavy atom. The van der Waals surface area contributed by atoms with Crippen LogP contribution in [0.3, 0.4) is 0 Å². The summed E-state index contributed by atoms with van der Waals surface area (Å²) in [6.45, 7) is 8.44. The molecule has 0 amide bonds. The number of aliphatic hydroxyl groups is 1. The van der Waals surface area contributed by atoms with Crippen molar-refractivity contribution in [2.45, 2.75) is 102 Å². The molecular formula is C25H38F2O3. The van der Waals surface area contributed by atoms with Crippen molar-refractivity contribution in [2.24, 2.45) is 21.7 Å². The molecular weight excluding hydrogens is 386 g/mol. The fourth-order valence-corrected chi connectivity index (χ4v) is 6.88. The molecule has 170 valence electrons. The monoisotopic (exact) mass is 424 g/mol. The SMILES string of the molecule is C=CC12CCC(C(F)OC3CCCCO3)(CC1)C2.C=CC12CCC(C(O)F)(CC1)C2. The third-order valence-electron chi connectivity index (χ3n) is 9.15. The molecule has 1 heterocycles. The van der Waals surface area contributed by atoms with Gasteiger partial charge in [-0.15, -0.1) is 13.2 Å². The van der Waals surface area contributed by atoms with Gasteiger partial charge in [-0.25, -0.2) is 8.78 Å². The zero-order valence-electron chi connectivity index (χ0n) is 18.2. The van der Waals surface area contributed by atoms with Crippen LogP contribution >= 0.6 is 0 Å². The normalized spacial score (nSPS) is 46.2. The number of rotatable bonds is 6. The molecule has 4 aliphatic carbocycles. The minimum atomic E-state index is -1.62. The molecule has 0 aromatic carbocycles. The van der Waals surface area contributed by atoms with Gasteiger partial charge in [0.05, 0.1) is 0 Å². The van der Waals surface area contributed by atoms with Crippen LogP contribution in [0.25, 0.3) is 0 Å². The Hall–Kier alpha value is -0.780. The molecule has 3 unspecified atom stereocenters. The van der Waals surface area contributed by atoms with Crippen molar-refractivity contribution < 1.29 is 23.4 Å². The standard InChI is InChI=1S/C15H23FO2.C10H15FO/c1-2-14-6-8-15(11-14,9-7-14)13(16)18-12-5-3-4-10-17-12;1-2-9-3-5-10(7-9,6-4-9)8(11)12/h2,12-13H,1,3-11H2;2,8,12H,1,3-7H2. The van der Waals surface area contributed by atoms with Crippen LogP contribution in [0.4, 0.5) is 8.78 Å². The van der Waals surface area contributed by atoms with Gasteiger partial charge in [0, 0.05) is 17.4 Å². The summed E-state index contributed by atoms with van der Waals surface area (Å²) in [6, 6.07) is 0. The maximum Gasteiger partial charge on any atom is 0.207 e. The van der Waals surface area contributed by atoms with Gasteiger partial charge in [0.1, 0.15) is 0 Å². The van der Waals surface area contributed by atoms with Crippen LogP contribution in [0.5, 0.6) is 0 Å². The quantitative estimate of drug-likeness (QED) is 0.503. The third-order valence-corrected chi connectivity index (χ3v) is 9.15. The lowest BCUT2D eigenvalue weighted by Gasteiger charge is -2.33. The molecule has 5 fully saturated rings. The lowest BCUT2D eigenvalue weighted by molar-refractivity contribution is -0.248. The predicted octanol–water partition coefficient (Wildman–Crippen LogP) is 6.37. The summed E-state index contributed by atoms with van der Waals surface area (Å²) in [7, 11) is 0. The Bertz CT molecular complexity index is 624.